The van der Waals surface area contributed by atoms with E-state index in [-0.39, 0.29) is 7.92 Å². The van der Waals surface area contributed by atoms with E-state index in [4.69, 9.17) is 4.74 Å². The summed E-state index contributed by atoms with van der Waals surface area (Å²) in [6, 6.07) is 12.4. The average Bonchev–Trinajstić information content (AvgIpc) is 2.77. The Morgan fingerprint density at radius 2 is 1.81 bits per heavy atom. The highest BCUT2D eigenvalue weighted by molar-refractivity contribution is 7.63. The molecular formula is C13H16NOP. The van der Waals surface area contributed by atoms with Crippen LogP contribution in [0.2, 0.25) is 0 Å². The van der Waals surface area contributed by atoms with Crippen molar-refractivity contribution in [2.45, 2.75) is 0 Å². The Kier molecular flexibility index (Phi) is 3.31. The molecule has 0 radical (unpaired) electrons. The summed E-state index contributed by atoms with van der Waals surface area (Å²) in [6.07, 6.45) is 2.09. The molecule has 2 nitrogen and oxygen atoms in total. The van der Waals surface area contributed by atoms with Crippen LogP contribution in [0.25, 0.3) is 5.69 Å². The lowest BCUT2D eigenvalue weighted by Crippen LogP contribution is -2.12. The van der Waals surface area contributed by atoms with Crippen LogP contribution in [-0.4, -0.2) is 25.0 Å². The van der Waals surface area contributed by atoms with Crippen LogP contribution in [0.3, 0.4) is 0 Å². The summed E-state index contributed by atoms with van der Waals surface area (Å²) in [5.74, 6) is 0.914. The summed E-state index contributed by atoms with van der Waals surface area (Å²) in [5, 5.41) is 0. The zero-order valence-electron chi connectivity index (χ0n) is 9.84. The van der Waals surface area contributed by atoms with Crippen molar-refractivity contribution in [2.75, 3.05) is 20.4 Å². The standard InChI is InChI=1S/C13H16NOP/c1-15-12-8-5-4-7-11(12)14-10-6-9-13(14)16(2)3/h4-10H,1-3H3. The highest BCUT2D eigenvalue weighted by Gasteiger charge is 2.09. The van der Waals surface area contributed by atoms with Gasteiger partial charge in [0.05, 0.1) is 12.8 Å². The molecule has 0 saturated carbocycles. The second kappa shape index (κ2) is 4.71. The molecule has 2 aromatic rings. The summed E-state index contributed by atoms with van der Waals surface area (Å²) in [6.45, 7) is 4.52. The topological polar surface area (TPSA) is 14.2 Å². The zero-order chi connectivity index (χ0) is 11.5. The van der Waals surface area contributed by atoms with Crippen LogP contribution in [0.1, 0.15) is 0 Å². The second-order valence-corrected chi connectivity index (χ2v) is 6.05. The molecule has 84 valence electrons. The monoisotopic (exact) mass is 233 g/mol. The van der Waals surface area contributed by atoms with Crippen LogP contribution in [0, 0.1) is 0 Å². The van der Waals surface area contributed by atoms with Gasteiger partial charge in [-0.25, -0.2) is 0 Å². The molecule has 0 N–H and O–H groups in total. The number of ether oxygens (including phenoxy) is 1. The Morgan fingerprint density at radius 1 is 1.06 bits per heavy atom. The van der Waals surface area contributed by atoms with Crippen molar-refractivity contribution in [1.29, 1.82) is 0 Å². The van der Waals surface area contributed by atoms with Crippen molar-refractivity contribution in [3.05, 3.63) is 42.6 Å². The molecule has 16 heavy (non-hydrogen) atoms. The largest absolute Gasteiger partial charge is 0.495 e. The first-order chi connectivity index (χ1) is 7.74. The van der Waals surface area contributed by atoms with Crippen molar-refractivity contribution in [2.24, 2.45) is 0 Å². The molecule has 1 heterocycles. The van der Waals surface area contributed by atoms with Crippen LogP contribution >= 0.6 is 7.92 Å². The third-order valence-corrected chi connectivity index (χ3v) is 3.81. The van der Waals surface area contributed by atoms with Crippen molar-refractivity contribution in [3.8, 4) is 11.4 Å². The van der Waals surface area contributed by atoms with Gasteiger partial charge in [-0.15, -0.1) is 0 Å². The predicted molar refractivity (Wildman–Crippen MR) is 70.7 cm³/mol. The third kappa shape index (κ3) is 1.98. The molecule has 0 aliphatic carbocycles. The molecule has 0 atom stereocenters. The smallest absolute Gasteiger partial charge is 0.142 e. The van der Waals surface area contributed by atoms with Gasteiger partial charge in [-0.2, -0.15) is 0 Å². The molecule has 1 aromatic heterocycles. The maximum absolute atomic E-state index is 5.39. The lowest BCUT2D eigenvalue weighted by Gasteiger charge is -2.14. The summed E-state index contributed by atoms with van der Waals surface area (Å²) in [5.41, 5.74) is 2.47. The SMILES string of the molecule is COc1ccccc1-n1cccc1P(C)C. The maximum atomic E-state index is 5.39. The van der Waals surface area contributed by atoms with Crippen molar-refractivity contribution in [3.63, 3.8) is 0 Å². The van der Waals surface area contributed by atoms with Crippen molar-refractivity contribution >= 4 is 13.4 Å². The minimum Gasteiger partial charge on any atom is -0.495 e. The number of methoxy groups -OCH3 is 1. The van der Waals surface area contributed by atoms with Gasteiger partial charge in [-0.3, -0.25) is 0 Å². The van der Waals surface area contributed by atoms with Crippen molar-refractivity contribution in [1.82, 2.24) is 4.57 Å². The Balaban J connectivity index is 2.54. The molecule has 1 aromatic carbocycles. The number of para-hydroxylation sites is 2. The van der Waals surface area contributed by atoms with Gasteiger partial charge in [0, 0.05) is 11.6 Å². The van der Waals surface area contributed by atoms with E-state index >= 15 is 0 Å². The number of benzene rings is 1. The van der Waals surface area contributed by atoms with Gasteiger partial charge in [0.25, 0.3) is 0 Å². The molecule has 0 aliphatic heterocycles. The highest BCUT2D eigenvalue weighted by atomic mass is 31.1. The van der Waals surface area contributed by atoms with E-state index in [1.165, 1.54) is 5.44 Å². The first-order valence-electron chi connectivity index (χ1n) is 5.22. The minimum absolute atomic E-state index is 0.113. The van der Waals surface area contributed by atoms with E-state index in [1.807, 2.05) is 18.2 Å². The molecule has 0 spiro atoms. The number of hydrogen-bond acceptors (Lipinski definition) is 1. The van der Waals surface area contributed by atoms with E-state index < -0.39 is 0 Å². The number of aromatic nitrogens is 1. The van der Waals surface area contributed by atoms with Gasteiger partial charge in [0.2, 0.25) is 0 Å². The highest BCUT2D eigenvalue weighted by Crippen LogP contribution is 2.28. The van der Waals surface area contributed by atoms with Gasteiger partial charge >= 0.3 is 0 Å². The van der Waals surface area contributed by atoms with E-state index in [2.05, 4.69) is 42.3 Å². The molecular weight excluding hydrogens is 217 g/mol. The molecule has 2 rings (SSSR count). The molecule has 0 bridgehead atoms. The van der Waals surface area contributed by atoms with Crippen LogP contribution in [-0.2, 0) is 0 Å². The number of nitrogens with zero attached hydrogens (tertiary/aromatic N) is 1. The minimum atomic E-state index is -0.113. The lowest BCUT2D eigenvalue weighted by atomic mass is 10.3. The van der Waals surface area contributed by atoms with Crippen LogP contribution in [0.4, 0.5) is 0 Å². The lowest BCUT2D eigenvalue weighted by molar-refractivity contribution is 0.413. The van der Waals surface area contributed by atoms with Gasteiger partial charge in [0.15, 0.2) is 0 Å². The van der Waals surface area contributed by atoms with Gasteiger partial charge < -0.3 is 9.30 Å². The maximum Gasteiger partial charge on any atom is 0.142 e. The summed E-state index contributed by atoms with van der Waals surface area (Å²) < 4.78 is 7.60. The van der Waals surface area contributed by atoms with Crippen LogP contribution in [0.5, 0.6) is 5.75 Å². The Bertz CT molecular complexity index is 476. The quantitative estimate of drug-likeness (QED) is 0.743. The third-order valence-electron chi connectivity index (χ3n) is 2.53. The summed E-state index contributed by atoms with van der Waals surface area (Å²) in [4.78, 5) is 0. The molecule has 0 fully saturated rings. The second-order valence-electron chi connectivity index (χ2n) is 3.80. The first kappa shape index (κ1) is 11.2. The Labute approximate surface area is 97.6 Å². The number of rotatable bonds is 3. The van der Waals surface area contributed by atoms with Crippen LogP contribution in [0.15, 0.2) is 42.6 Å². The Morgan fingerprint density at radius 3 is 2.50 bits per heavy atom. The molecule has 0 aliphatic rings. The van der Waals surface area contributed by atoms with E-state index in [1.54, 1.807) is 7.11 Å². The average molecular weight is 233 g/mol. The van der Waals surface area contributed by atoms with Gasteiger partial charge in [-0.05, 0) is 37.6 Å². The Hall–Kier alpha value is -1.27. The first-order valence-corrected chi connectivity index (χ1v) is 7.45. The van der Waals surface area contributed by atoms with E-state index in [9.17, 15) is 0 Å². The zero-order valence-corrected chi connectivity index (χ0v) is 10.7. The normalized spacial score (nSPS) is 10.8. The fourth-order valence-corrected chi connectivity index (χ4v) is 2.76. The van der Waals surface area contributed by atoms with Gasteiger partial charge in [-0.1, -0.05) is 20.1 Å². The van der Waals surface area contributed by atoms with Gasteiger partial charge in [0.1, 0.15) is 5.75 Å². The summed E-state index contributed by atoms with van der Waals surface area (Å²) >= 11 is 0. The predicted octanol–water partition coefficient (Wildman–Crippen LogP) is 2.85. The molecule has 3 heteroatoms. The number of hydrogen-bond donors (Lipinski definition) is 0. The molecule has 0 saturated heterocycles. The fourth-order valence-electron chi connectivity index (χ4n) is 1.77. The van der Waals surface area contributed by atoms with E-state index in [0.717, 1.165) is 11.4 Å². The van der Waals surface area contributed by atoms with E-state index in [0.29, 0.717) is 0 Å². The fraction of sp³-hybridized carbons (Fsp3) is 0.231. The van der Waals surface area contributed by atoms with Crippen molar-refractivity contribution < 1.29 is 4.74 Å². The summed E-state index contributed by atoms with van der Waals surface area (Å²) in [7, 11) is 1.60. The van der Waals surface area contributed by atoms with Crippen LogP contribution < -0.4 is 10.2 Å². The molecule has 0 unspecified atom stereocenters. The molecule has 0 amide bonds.